The molecule has 0 amide bonds. The molecular formula is C44H28N2O. The van der Waals surface area contributed by atoms with E-state index in [0.29, 0.717) is 17.1 Å². The van der Waals surface area contributed by atoms with E-state index in [1.54, 1.807) is 12.1 Å². The van der Waals surface area contributed by atoms with Crippen LogP contribution in [0.15, 0.2) is 170 Å². The minimum atomic E-state index is -0.411. The van der Waals surface area contributed by atoms with Crippen LogP contribution in [0, 0.1) is 0 Å². The lowest BCUT2D eigenvalue weighted by Gasteiger charge is -2.22. The summed E-state index contributed by atoms with van der Waals surface area (Å²) in [5.74, 6) is 2.30. The molecule has 0 fully saturated rings. The summed E-state index contributed by atoms with van der Waals surface area (Å²) in [6.45, 7) is 0. The Morgan fingerprint density at radius 1 is 0.426 bits per heavy atom. The summed E-state index contributed by atoms with van der Waals surface area (Å²) >= 11 is 0. The van der Waals surface area contributed by atoms with Crippen LogP contribution in [0.25, 0.3) is 78.1 Å². The van der Waals surface area contributed by atoms with Crippen molar-refractivity contribution >= 4 is 10.8 Å². The number of hydrogen-bond donors (Lipinski definition) is 0. The van der Waals surface area contributed by atoms with E-state index in [9.17, 15) is 0 Å². The molecule has 9 rings (SSSR count). The highest BCUT2D eigenvalue weighted by Crippen LogP contribution is 2.47. The zero-order valence-corrected chi connectivity index (χ0v) is 25.1. The Morgan fingerprint density at radius 3 is 1.74 bits per heavy atom. The molecule has 0 spiro atoms. The normalized spacial score (nSPS) is 13.1. The second-order valence-corrected chi connectivity index (χ2v) is 11.5. The minimum absolute atomic E-state index is 0.166. The van der Waals surface area contributed by atoms with Gasteiger partial charge in [0, 0.05) is 27.6 Å². The highest BCUT2D eigenvalue weighted by molar-refractivity contribution is 6.04. The maximum Gasteiger partial charge on any atom is 0.160 e. The Kier molecular flexibility index (Phi) is 5.32. The molecule has 2 heterocycles. The van der Waals surface area contributed by atoms with Gasteiger partial charge in [0.25, 0.3) is 0 Å². The van der Waals surface area contributed by atoms with Gasteiger partial charge in [-0.15, -0.1) is 0 Å². The van der Waals surface area contributed by atoms with E-state index in [1.165, 1.54) is 0 Å². The Hall–Kier alpha value is -6.32. The third-order valence-corrected chi connectivity index (χ3v) is 8.60. The molecule has 0 N–H and O–H groups in total. The highest BCUT2D eigenvalue weighted by atomic mass is 16.5. The van der Waals surface area contributed by atoms with Crippen molar-refractivity contribution in [2.75, 3.05) is 0 Å². The SMILES string of the molecule is [2H]c1c([2H])c([2H])c(-c2ccc(-c3cc(-c4ccc(-c5ccc6c(c5)-c5cccc7cccc(c57)O6)cc4)nc(-c4ccccc4)n3)cc2)c([2H])c1[2H]. The first-order valence-electron chi connectivity index (χ1n) is 17.9. The average Bonchev–Trinajstić information content (AvgIpc) is 3.20. The lowest BCUT2D eigenvalue weighted by atomic mass is 9.92. The Bertz CT molecular complexity index is 2660. The molecule has 1 aliphatic rings. The topological polar surface area (TPSA) is 35.0 Å². The van der Waals surface area contributed by atoms with Gasteiger partial charge in [-0.3, -0.25) is 0 Å². The van der Waals surface area contributed by atoms with Crippen LogP contribution >= 0.6 is 0 Å². The van der Waals surface area contributed by atoms with Crippen molar-refractivity contribution < 1.29 is 11.6 Å². The summed E-state index contributed by atoms with van der Waals surface area (Å²) in [6.07, 6.45) is 0. The molecule has 3 nitrogen and oxygen atoms in total. The van der Waals surface area contributed by atoms with E-state index in [-0.39, 0.29) is 29.7 Å². The van der Waals surface area contributed by atoms with Crippen molar-refractivity contribution in [3.63, 3.8) is 0 Å². The maximum absolute atomic E-state index is 8.40. The number of fused-ring (bicyclic) bond motifs is 2. The molecule has 1 aromatic heterocycles. The fourth-order valence-corrected chi connectivity index (χ4v) is 6.24. The number of nitrogens with zero attached hydrogens (tertiary/aromatic N) is 2. The number of aromatic nitrogens is 2. The average molecular weight is 606 g/mol. The van der Waals surface area contributed by atoms with Crippen LogP contribution in [0.2, 0.25) is 0 Å². The van der Waals surface area contributed by atoms with Crippen molar-refractivity contribution in [2.24, 2.45) is 0 Å². The van der Waals surface area contributed by atoms with Crippen LogP contribution in [0.1, 0.15) is 6.85 Å². The fraction of sp³-hybridized carbons (Fsp3) is 0. The second-order valence-electron chi connectivity index (χ2n) is 11.5. The monoisotopic (exact) mass is 605 g/mol. The summed E-state index contributed by atoms with van der Waals surface area (Å²) in [5, 5.41) is 2.28. The smallest absolute Gasteiger partial charge is 0.160 e. The summed E-state index contributed by atoms with van der Waals surface area (Å²) in [4.78, 5) is 9.91. The molecule has 0 saturated carbocycles. The minimum Gasteiger partial charge on any atom is -0.456 e. The molecule has 220 valence electrons. The number of rotatable bonds is 5. The molecule has 0 radical (unpaired) electrons. The van der Waals surface area contributed by atoms with Crippen LogP contribution in [-0.2, 0) is 0 Å². The molecule has 8 aromatic rings. The largest absolute Gasteiger partial charge is 0.456 e. The second kappa shape index (κ2) is 11.2. The van der Waals surface area contributed by atoms with Crippen LogP contribution in [0.3, 0.4) is 0 Å². The van der Waals surface area contributed by atoms with Crippen molar-refractivity contribution in [2.45, 2.75) is 0 Å². The fourth-order valence-electron chi connectivity index (χ4n) is 6.24. The predicted octanol–water partition coefficient (Wildman–Crippen LogP) is 11.7. The number of hydrogen-bond acceptors (Lipinski definition) is 3. The first-order chi connectivity index (χ1) is 25.3. The summed E-state index contributed by atoms with van der Waals surface area (Å²) < 4.78 is 47.2. The van der Waals surface area contributed by atoms with Crippen molar-refractivity contribution in [3.8, 4) is 78.8 Å². The Morgan fingerprint density at radius 2 is 1.04 bits per heavy atom. The summed E-state index contributed by atoms with van der Waals surface area (Å²) in [5.41, 5.74) is 9.15. The molecule has 3 heteroatoms. The molecule has 0 bridgehead atoms. The van der Waals surface area contributed by atoms with Gasteiger partial charge in [-0.1, -0.05) is 145 Å². The zero-order chi connectivity index (χ0) is 35.5. The molecule has 0 unspecified atom stereocenters. The Labute approximate surface area is 280 Å². The Balaban J connectivity index is 1.08. The first kappa shape index (κ1) is 22.2. The van der Waals surface area contributed by atoms with Gasteiger partial charge in [-0.25, -0.2) is 9.97 Å². The van der Waals surface area contributed by atoms with E-state index in [0.717, 1.165) is 66.9 Å². The van der Waals surface area contributed by atoms with E-state index < -0.39 is 6.04 Å². The molecule has 0 aliphatic carbocycles. The zero-order valence-electron chi connectivity index (χ0n) is 30.1. The maximum atomic E-state index is 8.40. The molecule has 7 aromatic carbocycles. The van der Waals surface area contributed by atoms with Crippen LogP contribution < -0.4 is 4.74 Å². The number of benzene rings is 7. The quantitative estimate of drug-likeness (QED) is 0.196. The van der Waals surface area contributed by atoms with Gasteiger partial charge in [0.05, 0.1) is 18.2 Å². The van der Waals surface area contributed by atoms with Gasteiger partial charge in [0.15, 0.2) is 5.82 Å². The standard InChI is InChI=1S/C44H28N2O/c1-3-9-29(10-4-1)30-17-21-32(22-18-30)39-28-40(46-44(45-39)35-11-5-2-6-12-35)33-23-19-31(20-24-33)36-25-26-41-38(27-36)37-15-7-13-34-14-8-16-42(47-41)43(34)37/h1-28H/i1D,3D,4D,9D,10D. The first-order valence-corrected chi connectivity index (χ1v) is 15.4. The van der Waals surface area contributed by atoms with Gasteiger partial charge in [-0.2, -0.15) is 0 Å². The van der Waals surface area contributed by atoms with Crippen LogP contribution in [0.4, 0.5) is 0 Å². The summed E-state index contributed by atoms with van der Waals surface area (Å²) in [6, 6.07) is 44.6. The van der Waals surface area contributed by atoms with Crippen LogP contribution in [0.5, 0.6) is 11.5 Å². The van der Waals surface area contributed by atoms with Gasteiger partial charge in [0.2, 0.25) is 0 Å². The lowest BCUT2D eigenvalue weighted by molar-refractivity contribution is 0.487. The molecule has 0 atom stereocenters. The van der Waals surface area contributed by atoms with E-state index in [4.69, 9.17) is 21.6 Å². The van der Waals surface area contributed by atoms with Gasteiger partial charge in [0.1, 0.15) is 11.5 Å². The number of ether oxygens (including phenoxy) is 1. The molecule has 1 aliphatic heterocycles. The highest BCUT2D eigenvalue weighted by Gasteiger charge is 2.20. The van der Waals surface area contributed by atoms with E-state index in [2.05, 4.69) is 60.7 Å². The van der Waals surface area contributed by atoms with E-state index in [1.807, 2.05) is 66.7 Å². The molecule has 47 heavy (non-hydrogen) atoms. The third kappa shape index (κ3) is 4.95. The molecular weight excluding hydrogens is 572 g/mol. The van der Waals surface area contributed by atoms with Crippen molar-refractivity contribution in [3.05, 3.63) is 170 Å². The van der Waals surface area contributed by atoms with Crippen molar-refractivity contribution in [1.82, 2.24) is 9.97 Å². The summed E-state index contributed by atoms with van der Waals surface area (Å²) in [7, 11) is 0. The van der Waals surface area contributed by atoms with Crippen molar-refractivity contribution in [1.29, 1.82) is 0 Å². The predicted molar refractivity (Wildman–Crippen MR) is 192 cm³/mol. The lowest BCUT2D eigenvalue weighted by Crippen LogP contribution is -1.97. The molecule has 0 saturated heterocycles. The van der Waals surface area contributed by atoms with Gasteiger partial charge >= 0.3 is 0 Å². The van der Waals surface area contributed by atoms with Gasteiger partial charge < -0.3 is 4.74 Å². The van der Waals surface area contributed by atoms with Crippen LogP contribution in [-0.4, -0.2) is 9.97 Å². The van der Waals surface area contributed by atoms with E-state index >= 15 is 0 Å². The third-order valence-electron chi connectivity index (χ3n) is 8.60. The van der Waals surface area contributed by atoms with Gasteiger partial charge in [-0.05, 0) is 57.5 Å².